The van der Waals surface area contributed by atoms with Crippen LogP contribution in [0, 0.1) is 0 Å². The van der Waals surface area contributed by atoms with Crippen molar-refractivity contribution in [2.24, 2.45) is 0 Å². The van der Waals surface area contributed by atoms with Crippen LogP contribution in [0.1, 0.15) is 5.56 Å². The Morgan fingerprint density at radius 2 is 1.82 bits per heavy atom. The van der Waals surface area contributed by atoms with Gasteiger partial charge in [0.05, 0.1) is 12.0 Å². The molecule has 9 heteroatoms. The van der Waals surface area contributed by atoms with Gasteiger partial charge in [0.1, 0.15) is 12.3 Å². The van der Waals surface area contributed by atoms with Crippen molar-refractivity contribution in [1.29, 1.82) is 0 Å². The number of ether oxygens (including phenoxy) is 1. The van der Waals surface area contributed by atoms with Crippen LogP contribution in [0.4, 0.5) is 10.5 Å². The fourth-order valence-corrected chi connectivity index (χ4v) is 3.95. The Balaban J connectivity index is 1.74. The van der Waals surface area contributed by atoms with Gasteiger partial charge < -0.3 is 10.1 Å². The third-order valence-electron chi connectivity index (χ3n) is 3.78. The fourth-order valence-electron chi connectivity index (χ4n) is 2.47. The van der Waals surface area contributed by atoms with Crippen LogP contribution < -0.4 is 10.1 Å². The number of amides is 3. The van der Waals surface area contributed by atoms with Crippen LogP contribution in [0.5, 0.6) is 5.75 Å². The number of nitrogens with zero attached hydrogens (tertiary/aromatic N) is 1. The largest absolute Gasteiger partial charge is 0.496 e. The molecule has 2 aromatic carbocycles. The highest BCUT2D eigenvalue weighted by Gasteiger charge is 2.36. The minimum atomic E-state index is -0.511. The Labute approximate surface area is 182 Å². The molecule has 1 heterocycles. The summed E-state index contributed by atoms with van der Waals surface area (Å²) < 4.78 is 6.98. The Hall–Kier alpha value is -2.10. The van der Waals surface area contributed by atoms with E-state index in [9.17, 15) is 14.4 Å². The van der Waals surface area contributed by atoms with Crippen molar-refractivity contribution in [2.45, 2.75) is 0 Å². The topological polar surface area (TPSA) is 75.7 Å². The van der Waals surface area contributed by atoms with Gasteiger partial charge in [-0.2, -0.15) is 0 Å². The Morgan fingerprint density at radius 3 is 2.50 bits per heavy atom. The summed E-state index contributed by atoms with van der Waals surface area (Å²) in [6, 6.07) is 12.4. The number of benzene rings is 2. The highest BCUT2D eigenvalue weighted by molar-refractivity contribution is 9.10. The molecule has 28 heavy (non-hydrogen) atoms. The first-order chi connectivity index (χ1) is 13.4. The minimum absolute atomic E-state index is 0.234. The molecular formula is C19H14Br2N2O4S. The number of hydrogen-bond donors (Lipinski definition) is 1. The molecule has 0 aliphatic carbocycles. The van der Waals surface area contributed by atoms with Crippen molar-refractivity contribution in [3.8, 4) is 5.75 Å². The number of methoxy groups -OCH3 is 1. The predicted molar refractivity (Wildman–Crippen MR) is 116 cm³/mol. The van der Waals surface area contributed by atoms with E-state index in [2.05, 4.69) is 37.2 Å². The van der Waals surface area contributed by atoms with Gasteiger partial charge in [0.15, 0.2) is 0 Å². The number of nitrogens with one attached hydrogen (secondary N) is 1. The number of anilines is 1. The lowest BCUT2D eigenvalue weighted by Crippen LogP contribution is -2.36. The molecule has 0 spiro atoms. The molecule has 1 aliphatic heterocycles. The third-order valence-corrected chi connectivity index (χ3v) is 5.71. The van der Waals surface area contributed by atoms with Gasteiger partial charge in [-0.15, -0.1) is 0 Å². The number of halogens is 2. The molecule has 0 unspecified atom stereocenters. The Bertz CT molecular complexity index is 976. The lowest BCUT2D eigenvalue weighted by atomic mass is 10.2. The standard InChI is InChI=1S/C19H14Br2N2O4S/c1-27-15-7-4-13(21)8-11(15)9-16-18(25)23(19(26)28-16)10-17(24)22-14-5-2-12(20)3-6-14/h2-9H,10H2,1H3,(H,22,24)/b16-9+. The zero-order chi connectivity index (χ0) is 20.3. The maximum absolute atomic E-state index is 12.6. The van der Waals surface area contributed by atoms with Crippen LogP contribution in [0.15, 0.2) is 56.3 Å². The average Bonchev–Trinajstić information content (AvgIpc) is 2.91. The van der Waals surface area contributed by atoms with Gasteiger partial charge in [-0.1, -0.05) is 31.9 Å². The minimum Gasteiger partial charge on any atom is -0.496 e. The molecular weight excluding hydrogens is 512 g/mol. The van der Waals surface area contributed by atoms with Crippen LogP contribution in [-0.2, 0) is 9.59 Å². The second kappa shape index (κ2) is 8.93. The molecule has 0 saturated carbocycles. The van der Waals surface area contributed by atoms with E-state index >= 15 is 0 Å². The third kappa shape index (κ3) is 4.84. The monoisotopic (exact) mass is 524 g/mol. The number of thioether (sulfide) groups is 1. The highest BCUT2D eigenvalue weighted by atomic mass is 79.9. The van der Waals surface area contributed by atoms with Crippen molar-refractivity contribution in [3.63, 3.8) is 0 Å². The number of imide groups is 1. The number of hydrogen-bond acceptors (Lipinski definition) is 5. The summed E-state index contributed by atoms with van der Waals surface area (Å²) in [7, 11) is 1.53. The number of carbonyl (C=O) groups is 3. The van der Waals surface area contributed by atoms with Crippen molar-refractivity contribution in [1.82, 2.24) is 4.90 Å². The lowest BCUT2D eigenvalue weighted by molar-refractivity contribution is -0.127. The zero-order valence-corrected chi connectivity index (χ0v) is 18.6. The van der Waals surface area contributed by atoms with Gasteiger partial charge in [0, 0.05) is 20.2 Å². The van der Waals surface area contributed by atoms with Crippen molar-refractivity contribution >= 4 is 72.4 Å². The molecule has 0 atom stereocenters. The van der Waals surface area contributed by atoms with E-state index in [0.29, 0.717) is 17.0 Å². The average molecular weight is 526 g/mol. The smallest absolute Gasteiger partial charge is 0.294 e. The molecule has 1 aliphatic rings. The lowest BCUT2D eigenvalue weighted by Gasteiger charge is -2.12. The SMILES string of the molecule is COc1ccc(Br)cc1/C=C1/SC(=O)N(CC(=O)Nc2ccc(Br)cc2)C1=O. The molecule has 3 amide bonds. The van der Waals surface area contributed by atoms with E-state index in [4.69, 9.17) is 4.74 Å². The van der Waals surface area contributed by atoms with Crippen LogP contribution in [-0.4, -0.2) is 35.6 Å². The van der Waals surface area contributed by atoms with Crippen molar-refractivity contribution < 1.29 is 19.1 Å². The first-order valence-electron chi connectivity index (χ1n) is 8.01. The van der Waals surface area contributed by atoms with E-state index in [0.717, 1.165) is 25.6 Å². The summed E-state index contributed by atoms with van der Waals surface area (Å²) in [5.41, 5.74) is 1.23. The van der Waals surface area contributed by atoms with Crippen molar-refractivity contribution in [2.75, 3.05) is 19.0 Å². The summed E-state index contributed by atoms with van der Waals surface area (Å²) in [6.45, 7) is -0.353. The van der Waals surface area contributed by atoms with Crippen LogP contribution >= 0.6 is 43.6 Å². The molecule has 0 bridgehead atoms. The summed E-state index contributed by atoms with van der Waals surface area (Å²) in [6.07, 6.45) is 1.58. The summed E-state index contributed by atoms with van der Waals surface area (Å²) in [4.78, 5) is 38.2. The predicted octanol–water partition coefficient (Wildman–Crippen LogP) is 4.90. The number of carbonyl (C=O) groups excluding carboxylic acids is 3. The molecule has 0 aromatic heterocycles. The molecule has 1 saturated heterocycles. The fraction of sp³-hybridized carbons (Fsp3) is 0.105. The zero-order valence-electron chi connectivity index (χ0n) is 14.6. The molecule has 2 aromatic rings. The molecule has 0 radical (unpaired) electrons. The second-order valence-electron chi connectivity index (χ2n) is 5.71. The van der Waals surface area contributed by atoms with Gasteiger partial charge >= 0.3 is 0 Å². The van der Waals surface area contributed by atoms with Gasteiger partial charge in [-0.3, -0.25) is 19.3 Å². The summed E-state index contributed by atoms with van der Waals surface area (Å²) >= 11 is 7.48. The van der Waals surface area contributed by atoms with Crippen LogP contribution in [0.3, 0.4) is 0 Å². The highest BCUT2D eigenvalue weighted by Crippen LogP contribution is 2.34. The molecule has 6 nitrogen and oxygen atoms in total. The van der Waals surface area contributed by atoms with Gasteiger partial charge in [0.2, 0.25) is 5.91 Å². The maximum Gasteiger partial charge on any atom is 0.294 e. The van der Waals surface area contributed by atoms with E-state index in [1.165, 1.54) is 7.11 Å². The quantitative estimate of drug-likeness (QED) is 0.562. The maximum atomic E-state index is 12.6. The van der Waals surface area contributed by atoms with Gasteiger partial charge in [-0.25, -0.2) is 0 Å². The molecule has 144 valence electrons. The normalized spacial score (nSPS) is 15.2. The van der Waals surface area contributed by atoms with E-state index in [-0.39, 0.29) is 11.4 Å². The second-order valence-corrected chi connectivity index (χ2v) is 8.53. The number of rotatable bonds is 5. The Kier molecular flexibility index (Phi) is 6.58. The van der Waals surface area contributed by atoms with Crippen LogP contribution in [0.2, 0.25) is 0 Å². The summed E-state index contributed by atoms with van der Waals surface area (Å²) in [5, 5.41) is 2.18. The Morgan fingerprint density at radius 1 is 1.14 bits per heavy atom. The van der Waals surface area contributed by atoms with E-state index in [1.54, 1.807) is 42.5 Å². The molecule has 3 rings (SSSR count). The van der Waals surface area contributed by atoms with Gasteiger partial charge in [-0.05, 0) is 60.3 Å². The first-order valence-corrected chi connectivity index (χ1v) is 10.4. The van der Waals surface area contributed by atoms with Crippen molar-refractivity contribution in [3.05, 3.63) is 61.9 Å². The molecule has 1 N–H and O–H groups in total. The molecule has 1 fully saturated rings. The first kappa shape index (κ1) is 20.6. The van der Waals surface area contributed by atoms with E-state index < -0.39 is 17.1 Å². The summed E-state index contributed by atoms with van der Waals surface area (Å²) in [5.74, 6) is -0.392. The van der Waals surface area contributed by atoms with Gasteiger partial charge in [0.25, 0.3) is 11.1 Å². The van der Waals surface area contributed by atoms with E-state index in [1.807, 2.05) is 6.07 Å². The van der Waals surface area contributed by atoms with Crippen LogP contribution in [0.25, 0.3) is 6.08 Å².